The van der Waals surface area contributed by atoms with Crippen LogP contribution in [0.5, 0.6) is 0 Å². The summed E-state index contributed by atoms with van der Waals surface area (Å²) in [5, 5.41) is 2.51. The molecule has 2 N–H and O–H groups in total. The topological polar surface area (TPSA) is 50.8 Å². The van der Waals surface area contributed by atoms with E-state index in [2.05, 4.69) is 52.4 Å². The highest BCUT2D eigenvalue weighted by atomic mass is 16.5. The number of hydrogen-bond acceptors (Lipinski definition) is 3. The van der Waals surface area contributed by atoms with Crippen LogP contribution in [0.1, 0.15) is 5.56 Å². The van der Waals surface area contributed by atoms with Crippen molar-refractivity contribution < 1.29 is 4.74 Å². The van der Waals surface area contributed by atoms with Crippen molar-refractivity contribution in [3.8, 4) is 0 Å². The highest BCUT2D eigenvalue weighted by Crippen LogP contribution is 2.15. The summed E-state index contributed by atoms with van der Waals surface area (Å²) in [6.07, 6.45) is 0.716. The Labute approximate surface area is 131 Å². The standard InChI is InChI=1S/C18H23N3O/c19-18(20-7-8-21-9-11-22-12-10-21)14-15-5-6-16-3-1-2-4-17(16)13-15/h1-6,13H,7-12,14H2,(H2,19,20). The number of ether oxygens (including phenoxy) is 1. The van der Waals surface area contributed by atoms with Gasteiger partial charge >= 0.3 is 0 Å². The smallest absolute Gasteiger partial charge is 0.0982 e. The summed E-state index contributed by atoms with van der Waals surface area (Å²) >= 11 is 0. The maximum atomic E-state index is 6.07. The molecule has 116 valence electrons. The fraction of sp³-hybridized carbons (Fsp3) is 0.389. The fourth-order valence-corrected chi connectivity index (χ4v) is 2.77. The van der Waals surface area contributed by atoms with E-state index in [4.69, 9.17) is 10.5 Å². The van der Waals surface area contributed by atoms with Gasteiger partial charge in [-0.3, -0.25) is 9.89 Å². The largest absolute Gasteiger partial charge is 0.387 e. The number of amidine groups is 1. The normalized spacial score (nSPS) is 17.0. The SMILES string of the molecule is NC(Cc1ccc2ccccc2c1)=NCCN1CCOCC1. The van der Waals surface area contributed by atoms with Gasteiger partial charge in [-0.25, -0.2) is 0 Å². The molecule has 0 spiro atoms. The molecule has 0 aromatic heterocycles. The molecular weight excluding hydrogens is 274 g/mol. The summed E-state index contributed by atoms with van der Waals surface area (Å²) in [6, 6.07) is 14.8. The van der Waals surface area contributed by atoms with Gasteiger partial charge in [0.1, 0.15) is 0 Å². The van der Waals surface area contributed by atoms with Crippen molar-refractivity contribution in [2.75, 3.05) is 39.4 Å². The van der Waals surface area contributed by atoms with Gasteiger partial charge in [0.25, 0.3) is 0 Å². The zero-order chi connectivity index (χ0) is 15.2. The summed E-state index contributed by atoms with van der Waals surface area (Å²) in [5.74, 6) is 0.712. The molecule has 1 aliphatic rings. The molecule has 22 heavy (non-hydrogen) atoms. The van der Waals surface area contributed by atoms with E-state index in [-0.39, 0.29) is 0 Å². The van der Waals surface area contributed by atoms with Crippen molar-refractivity contribution in [1.29, 1.82) is 0 Å². The number of fused-ring (bicyclic) bond motifs is 1. The van der Waals surface area contributed by atoms with Crippen LogP contribution < -0.4 is 5.73 Å². The third-order valence-corrected chi connectivity index (χ3v) is 4.03. The lowest BCUT2D eigenvalue weighted by molar-refractivity contribution is 0.0394. The van der Waals surface area contributed by atoms with Crippen molar-refractivity contribution >= 4 is 16.6 Å². The van der Waals surface area contributed by atoms with Gasteiger partial charge in [-0.05, 0) is 16.3 Å². The van der Waals surface area contributed by atoms with Crippen LogP contribution >= 0.6 is 0 Å². The van der Waals surface area contributed by atoms with Crippen LogP contribution in [0.4, 0.5) is 0 Å². The molecule has 0 bridgehead atoms. The number of nitrogens with two attached hydrogens (primary N) is 1. The Bertz CT molecular complexity index is 648. The molecule has 0 radical (unpaired) electrons. The highest BCUT2D eigenvalue weighted by Gasteiger charge is 2.09. The first kappa shape index (κ1) is 15.0. The highest BCUT2D eigenvalue weighted by molar-refractivity contribution is 5.86. The molecule has 0 amide bonds. The first-order valence-electron chi connectivity index (χ1n) is 7.88. The molecule has 4 nitrogen and oxygen atoms in total. The molecule has 0 unspecified atom stereocenters. The van der Waals surface area contributed by atoms with Gasteiger partial charge in [0.15, 0.2) is 0 Å². The average Bonchev–Trinajstić information content (AvgIpc) is 2.56. The van der Waals surface area contributed by atoms with Crippen LogP contribution in [0.3, 0.4) is 0 Å². The molecule has 1 heterocycles. The molecule has 1 saturated heterocycles. The Balaban J connectivity index is 1.55. The Hall–Kier alpha value is -1.91. The quantitative estimate of drug-likeness (QED) is 0.679. The van der Waals surface area contributed by atoms with Gasteiger partial charge in [0.05, 0.1) is 25.6 Å². The number of aliphatic imine (C=N–C) groups is 1. The van der Waals surface area contributed by atoms with Gasteiger partial charge < -0.3 is 10.5 Å². The second-order valence-corrected chi connectivity index (χ2v) is 5.69. The summed E-state index contributed by atoms with van der Waals surface area (Å²) < 4.78 is 5.34. The van der Waals surface area contributed by atoms with E-state index < -0.39 is 0 Å². The lowest BCUT2D eigenvalue weighted by Gasteiger charge is -2.25. The molecule has 1 aliphatic heterocycles. The molecular formula is C18H23N3O. The van der Waals surface area contributed by atoms with Gasteiger partial charge in [-0.15, -0.1) is 0 Å². The zero-order valence-corrected chi connectivity index (χ0v) is 12.9. The summed E-state index contributed by atoms with van der Waals surface area (Å²) in [5.41, 5.74) is 7.29. The second kappa shape index (κ2) is 7.38. The minimum absolute atomic E-state index is 0.712. The molecule has 2 aromatic rings. The summed E-state index contributed by atoms with van der Waals surface area (Å²) in [4.78, 5) is 6.88. The molecule has 2 aromatic carbocycles. The van der Waals surface area contributed by atoms with Crippen molar-refractivity contribution in [2.45, 2.75) is 6.42 Å². The molecule has 4 heteroatoms. The Morgan fingerprint density at radius 2 is 1.86 bits per heavy atom. The number of morpholine rings is 1. The second-order valence-electron chi connectivity index (χ2n) is 5.69. The predicted molar refractivity (Wildman–Crippen MR) is 91.4 cm³/mol. The van der Waals surface area contributed by atoms with E-state index in [1.807, 2.05) is 0 Å². The lowest BCUT2D eigenvalue weighted by atomic mass is 10.0. The molecule has 1 fully saturated rings. The molecule has 0 aliphatic carbocycles. The number of benzene rings is 2. The predicted octanol–water partition coefficient (Wildman–Crippen LogP) is 2.07. The zero-order valence-electron chi connectivity index (χ0n) is 12.9. The third kappa shape index (κ3) is 4.06. The summed E-state index contributed by atoms with van der Waals surface area (Å²) in [7, 11) is 0. The van der Waals surface area contributed by atoms with E-state index in [1.54, 1.807) is 0 Å². The van der Waals surface area contributed by atoms with Crippen LogP contribution in [0.25, 0.3) is 10.8 Å². The number of nitrogens with zero attached hydrogens (tertiary/aromatic N) is 2. The maximum Gasteiger partial charge on any atom is 0.0982 e. The van der Waals surface area contributed by atoms with Crippen LogP contribution in [0.2, 0.25) is 0 Å². The Kier molecular flexibility index (Phi) is 5.03. The molecule has 0 atom stereocenters. The van der Waals surface area contributed by atoms with Gasteiger partial charge in [0.2, 0.25) is 0 Å². The number of hydrogen-bond donors (Lipinski definition) is 1. The van der Waals surface area contributed by atoms with E-state index in [0.29, 0.717) is 12.3 Å². The maximum absolute atomic E-state index is 6.07. The van der Waals surface area contributed by atoms with Crippen LogP contribution in [0, 0.1) is 0 Å². The van der Waals surface area contributed by atoms with E-state index in [1.165, 1.54) is 16.3 Å². The van der Waals surface area contributed by atoms with Crippen LogP contribution in [0.15, 0.2) is 47.5 Å². The monoisotopic (exact) mass is 297 g/mol. The van der Waals surface area contributed by atoms with Crippen molar-refractivity contribution in [3.63, 3.8) is 0 Å². The van der Waals surface area contributed by atoms with Gasteiger partial charge in [0, 0.05) is 26.1 Å². The van der Waals surface area contributed by atoms with Crippen molar-refractivity contribution in [3.05, 3.63) is 48.0 Å². The first-order chi connectivity index (χ1) is 10.8. The molecule has 0 saturated carbocycles. The minimum atomic E-state index is 0.712. The molecule has 3 rings (SSSR count). The van der Waals surface area contributed by atoms with Gasteiger partial charge in [-0.2, -0.15) is 0 Å². The lowest BCUT2D eigenvalue weighted by Crippen LogP contribution is -2.38. The Morgan fingerprint density at radius 3 is 2.68 bits per heavy atom. The minimum Gasteiger partial charge on any atom is -0.387 e. The first-order valence-corrected chi connectivity index (χ1v) is 7.88. The van der Waals surface area contributed by atoms with E-state index in [9.17, 15) is 0 Å². The van der Waals surface area contributed by atoms with Crippen LogP contribution in [-0.4, -0.2) is 50.1 Å². The van der Waals surface area contributed by atoms with Crippen molar-refractivity contribution in [1.82, 2.24) is 4.90 Å². The van der Waals surface area contributed by atoms with E-state index in [0.717, 1.165) is 39.4 Å². The van der Waals surface area contributed by atoms with Crippen molar-refractivity contribution in [2.24, 2.45) is 10.7 Å². The van der Waals surface area contributed by atoms with Gasteiger partial charge in [-0.1, -0.05) is 42.5 Å². The fourth-order valence-electron chi connectivity index (χ4n) is 2.77. The Morgan fingerprint density at radius 1 is 1.09 bits per heavy atom. The third-order valence-electron chi connectivity index (χ3n) is 4.03. The average molecular weight is 297 g/mol. The van der Waals surface area contributed by atoms with Crippen LogP contribution in [-0.2, 0) is 11.2 Å². The number of rotatable bonds is 5. The summed E-state index contributed by atoms with van der Waals surface area (Å²) in [6.45, 7) is 5.38. The van der Waals surface area contributed by atoms with E-state index >= 15 is 0 Å².